The third-order valence-electron chi connectivity index (χ3n) is 3.63. The van der Waals surface area contributed by atoms with E-state index in [1.165, 1.54) is 26.2 Å². The van der Waals surface area contributed by atoms with E-state index in [-0.39, 0.29) is 0 Å². The number of likely N-dealkylation sites (N-methyl/N-ethyl adjacent to an activating group) is 1. The standard InChI is InChI=1S/C14H24N4/c1-12-5-4-6-14(16-12)15-11-13(2)18-9-7-17(3)8-10-18/h4-6,13H,7-11H2,1-3H3,(H,15,16)/t13-/m0/s1. The highest BCUT2D eigenvalue weighted by molar-refractivity contribution is 5.35. The number of aromatic nitrogens is 1. The Morgan fingerprint density at radius 3 is 2.67 bits per heavy atom. The zero-order chi connectivity index (χ0) is 13.0. The molecule has 0 spiro atoms. The van der Waals surface area contributed by atoms with Crippen molar-refractivity contribution in [2.75, 3.05) is 45.1 Å². The Labute approximate surface area is 110 Å². The first kappa shape index (κ1) is 13.3. The van der Waals surface area contributed by atoms with Gasteiger partial charge >= 0.3 is 0 Å². The second-order valence-electron chi connectivity index (χ2n) is 5.23. The normalized spacial score (nSPS) is 19.7. The van der Waals surface area contributed by atoms with Crippen LogP contribution >= 0.6 is 0 Å². The van der Waals surface area contributed by atoms with Gasteiger partial charge in [-0.05, 0) is 33.0 Å². The molecule has 1 aliphatic rings. The summed E-state index contributed by atoms with van der Waals surface area (Å²) in [6.45, 7) is 9.95. The summed E-state index contributed by atoms with van der Waals surface area (Å²) in [5.41, 5.74) is 1.06. The Bertz CT molecular complexity index is 372. The highest BCUT2D eigenvalue weighted by Crippen LogP contribution is 2.08. The van der Waals surface area contributed by atoms with E-state index in [4.69, 9.17) is 0 Å². The van der Waals surface area contributed by atoms with Gasteiger partial charge in [0.1, 0.15) is 5.82 Å². The van der Waals surface area contributed by atoms with E-state index in [1.54, 1.807) is 0 Å². The molecule has 1 aliphatic heterocycles. The molecule has 2 rings (SSSR count). The fourth-order valence-electron chi connectivity index (χ4n) is 2.29. The molecule has 1 aromatic rings. The van der Waals surface area contributed by atoms with E-state index in [0.717, 1.165) is 18.1 Å². The number of hydrogen-bond acceptors (Lipinski definition) is 4. The van der Waals surface area contributed by atoms with Gasteiger partial charge in [0.15, 0.2) is 0 Å². The highest BCUT2D eigenvalue weighted by atomic mass is 15.3. The Kier molecular flexibility index (Phi) is 4.55. The third kappa shape index (κ3) is 3.68. The van der Waals surface area contributed by atoms with Crippen LogP contribution in [0.3, 0.4) is 0 Å². The van der Waals surface area contributed by atoms with Crippen LogP contribution in [0.25, 0.3) is 0 Å². The van der Waals surface area contributed by atoms with Gasteiger partial charge in [-0.2, -0.15) is 0 Å². The smallest absolute Gasteiger partial charge is 0.126 e. The average molecular weight is 248 g/mol. The molecule has 0 amide bonds. The Morgan fingerprint density at radius 2 is 2.00 bits per heavy atom. The fourth-order valence-corrected chi connectivity index (χ4v) is 2.29. The van der Waals surface area contributed by atoms with Crippen LogP contribution in [0.4, 0.5) is 5.82 Å². The van der Waals surface area contributed by atoms with Crippen LogP contribution in [0.1, 0.15) is 12.6 Å². The Morgan fingerprint density at radius 1 is 1.28 bits per heavy atom. The summed E-state index contributed by atoms with van der Waals surface area (Å²) in [7, 11) is 2.19. The Balaban J connectivity index is 1.79. The molecule has 4 nitrogen and oxygen atoms in total. The van der Waals surface area contributed by atoms with Gasteiger partial charge in [0, 0.05) is 44.5 Å². The molecule has 1 saturated heterocycles. The lowest BCUT2D eigenvalue weighted by Crippen LogP contribution is -2.49. The molecular formula is C14H24N4. The zero-order valence-electron chi connectivity index (χ0n) is 11.7. The first-order chi connectivity index (χ1) is 8.65. The molecule has 1 aromatic heterocycles. The number of rotatable bonds is 4. The molecule has 0 aliphatic carbocycles. The summed E-state index contributed by atoms with van der Waals surface area (Å²) in [5.74, 6) is 0.982. The van der Waals surface area contributed by atoms with Crippen molar-refractivity contribution in [3.63, 3.8) is 0 Å². The number of piperazine rings is 1. The molecule has 2 heterocycles. The second kappa shape index (κ2) is 6.16. The minimum absolute atomic E-state index is 0.556. The lowest BCUT2D eigenvalue weighted by molar-refractivity contribution is 0.123. The van der Waals surface area contributed by atoms with Crippen LogP contribution < -0.4 is 5.32 Å². The minimum Gasteiger partial charge on any atom is -0.369 e. The number of hydrogen-bond donors (Lipinski definition) is 1. The SMILES string of the molecule is Cc1cccc(NC[C@H](C)N2CCN(C)CC2)n1. The second-order valence-corrected chi connectivity index (χ2v) is 5.23. The summed E-state index contributed by atoms with van der Waals surface area (Å²) in [6, 6.07) is 6.66. The molecule has 0 bridgehead atoms. The zero-order valence-corrected chi connectivity index (χ0v) is 11.7. The van der Waals surface area contributed by atoms with Gasteiger partial charge in [-0.25, -0.2) is 4.98 Å². The monoisotopic (exact) mass is 248 g/mol. The fraction of sp³-hybridized carbons (Fsp3) is 0.643. The van der Waals surface area contributed by atoms with Crippen molar-refractivity contribution in [3.8, 4) is 0 Å². The van der Waals surface area contributed by atoms with Crippen LogP contribution in [-0.2, 0) is 0 Å². The first-order valence-electron chi connectivity index (χ1n) is 6.75. The number of anilines is 1. The van der Waals surface area contributed by atoms with Crippen molar-refractivity contribution < 1.29 is 0 Å². The van der Waals surface area contributed by atoms with Crippen molar-refractivity contribution in [2.45, 2.75) is 19.9 Å². The molecule has 4 heteroatoms. The first-order valence-corrected chi connectivity index (χ1v) is 6.75. The lowest BCUT2D eigenvalue weighted by Gasteiger charge is -2.36. The van der Waals surface area contributed by atoms with Crippen LogP contribution in [0.2, 0.25) is 0 Å². The maximum absolute atomic E-state index is 4.46. The maximum Gasteiger partial charge on any atom is 0.126 e. The maximum atomic E-state index is 4.46. The average Bonchev–Trinajstić information content (AvgIpc) is 2.37. The molecule has 18 heavy (non-hydrogen) atoms. The molecule has 0 unspecified atom stereocenters. The molecule has 1 N–H and O–H groups in total. The molecule has 0 radical (unpaired) electrons. The van der Waals surface area contributed by atoms with Crippen LogP contribution in [0.15, 0.2) is 18.2 Å². The van der Waals surface area contributed by atoms with Gasteiger partial charge in [-0.3, -0.25) is 4.90 Å². The predicted octanol–water partition coefficient (Wildman–Crippen LogP) is 1.44. The largest absolute Gasteiger partial charge is 0.369 e. The van der Waals surface area contributed by atoms with Gasteiger partial charge in [0.2, 0.25) is 0 Å². The molecule has 100 valence electrons. The van der Waals surface area contributed by atoms with Crippen molar-refractivity contribution in [2.24, 2.45) is 0 Å². The summed E-state index contributed by atoms with van der Waals surface area (Å²) < 4.78 is 0. The van der Waals surface area contributed by atoms with E-state index in [2.05, 4.69) is 34.1 Å². The summed E-state index contributed by atoms with van der Waals surface area (Å²) in [6.07, 6.45) is 0. The van der Waals surface area contributed by atoms with Crippen LogP contribution in [0, 0.1) is 6.92 Å². The van der Waals surface area contributed by atoms with E-state index >= 15 is 0 Å². The molecule has 0 aromatic carbocycles. The minimum atomic E-state index is 0.556. The highest BCUT2D eigenvalue weighted by Gasteiger charge is 2.18. The van der Waals surface area contributed by atoms with Crippen molar-refractivity contribution in [1.82, 2.24) is 14.8 Å². The number of nitrogens with one attached hydrogen (secondary N) is 1. The van der Waals surface area contributed by atoms with Gasteiger partial charge in [0.05, 0.1) is 0 Å². The van der Waals surface area contributed by atoms with Crippen LogP contribution in [0.5, 0.6) is 0 Å². The van der Waals surface area contributed by atoms with Crippen molar-refractivity contribution >= 4 is 5.82 Å². The summed E-state index contributed by atoms with van der Waals surface area (Å²) >= 11 is 0. The molecular weight excluding hydrogens is 224 g/mol. The number of aryl methyl sites for hydroxylation is 1. The Hall–Kier alpha value is -1.13. The van der Waals surface area contributed by atoms with E-state index in [0.29, 0.717) is 6.04 Å². The van der Waals surface area contributed by atoms with Gasteiger partial charge in [-0.1, -0.05) is 6.07 Å². The van der Waals surface area contributed by atoms with E-state index in [1.807, 2.05) is 25.1 Å². The van der Waals surface area contributed by atoms with E-state index < -0.39 is 0 Å². The molecule has 0 saturated carbocycles. The third-order valence-corrected chi connectivity index (χ3v) is 3.63. The van der Waals surface area contributed by atoms with E-state index in [9.17, 15) is 0 Å². The number of pyridine rings is 1. The lowest BCUT2D eigenvalue weighted by atomic mass is 10.2. The summed E-state index contributed by atoms with van der Waals surface area (Å²) in [4.78, 5) is 9.40. The topological polar surface area (TPSA) is 31.4 Å². The molecule has 1 fully saturated rings. The van der Waals surface area contributed by atoms with Gasteiger partial charge < -0.3 is 10.2 Å². The molecule has 1 atom stereocenters. The summed E-state index contributed by atoms with van der Waals surface area (Å²) in [5, 5.41) is 3.43. The van der Waals surface area contributed by atoms with Crippen LogP contribution in [-0.4, -0.2) is 60.6 Å². The van der Waals surface area contributed by atoms with Crippen molar-refractivity contribution in [1.29, 1.82) is 0 Å². The predicted molar refractivity (Wildman–Crippen MR) is 76.0 cm³/mol. The number of nitrogens with zero attached hydrogens (tertiary/aromatic N) is 3. The van der Waals surface area contributed by atoms with Crippen molar-refractivity contribution in [3.05, 3.63) is 23.9 Å². The van der Waals surface area contributed by atoms with Gasteiger partial charge in [-0.15, -0.1) is 0 Å². The van der Waals surface area contributed by atoms with Gasteiger partial charge in [0.25, 0.3) is 0 Å². The quantitative estimate of drug-likeness (QED) is 0.873.